The molecule has 0 unspecified atom stereocenters. The quantitative estimate of drug-likeness (QED) is 0.680. The number of benzene rings is 1. The number of aromatic nitrogens is 2. The number of hydrogen-bond donors (Lipinski definition) is 0. The Morgan fingerprint density at radius 1 is 0.875 bits per heavy atom. The Morgan fingerprint density at radius 3 is 2.06 bits per heavy atom. The van der Waals surface area contributed by atoms with E-state index in [0.29, 0.717) is 44.3 Å². The molecule has 0 aliphatic carbocycles. The molecular weight excluding hydrogens is 426 g/mol. The number of hydrogen-bond acceptors (Lipinski definition) is 7. The van der Waals surface area contributed by atoms with Crippen LogP contribution in [-0.4, -0.2) is 75.2 Å². The van der Waals surface area contributed by atoms with E-state index in [1.165, 1.54) is 0 Å². The second-order valence-electron chi connectivity index (χ2n) is 8.80. The van der Waals surface area contributed by atoms with Crippen molar-refractivity contribution in [1.29, 1.82) is 0 Å². The van der Waals surface area contributed by atoms with Crippen LogP contribution in [0.3, 0.4) is 0 Å². The van der Waals surface area contributed by atoms with Crippen LogP contribution in [0, 0.1) is 13.8 Å². The molecular formula is C23H33N5O3S. The molecule has 2 saturated heterocycles. The minimum absolute atomic E-state index is 0.281. The van der Waals surface area contributed by atoms with Gasteiger partial charge in [-0.15, -0.1) is 0 Å². The van der Waals surface area contributed by atoms with E-state index in [0.717, 1.165) is 41.7 Å². The number of sulfonamides is 1. The lowest BCUT2D eigenvalue weighted by Crippen LogP contribution is -2.49. The van der Waals surface area contributed by atoms with Gasteiger partial charge in [-0.1, -0.05) is 26.0 Å². The highest BCUT2D eigenvalue weighted by atomic mass is 32.2. The Hall–Kier alpha value is -2.23. The van der Waals surface area contributed by atoms with Gasteiger partial charge in [-0.2, -0.15) is 4.31 Å². The maximum atomic E-state index is 13.4. The zero-order chi connectivity index (χ0) is 22.9. The van der Waals surface area contributed by atoms with Crippen molar-refractivity contribution in [3.05, 3.63) is 41.2 Å². The minimum atomic E-state index is -3.54. The normalized spacial score (nSPS) is 18.4. The first-order valence-corrected chi connectivity index (χ1v) is 12.7. The standard InChI is InChI=1S/C23H33N5O3S/c1-17(2)20-6-5-18(3)21(15-20)32(29,30)28-9-7-26(8-10-28)22-16-23(25-19(4)24-22)27-11-13-31-14-12-27/h5-6,15-17H,7-14H2,1-4H3. The van der Waals surface area contributed by atoms with Gasteiger partial charge in [0.1, 0.15) is 17.5 Å². The van der Waals surface area contributed by atoms with E-state index in [1.54, 1.807) is 4.31 Å². The van der Waals surface area contributed by atoms with Crippen LogP contribution in [0.4, 0.5) is 11.6 Å². The molecule has 2 aliphatic heterocycles. The largest absolute Gasteiger partial charge is 0.378 e. The lowest BCUT2D eigenvalue weighted by atomic mass is 10.0. The van der Waals surface area contributed by atoms with Crippen molar-refractivity contribution in [1.82, 2.24) is 14.3 Å². The van der Waals surface area contributed by atoms with Crippen LogP contribution < -0.4 is 9.80 Å². The van der Waals surface area contributed by atoms with Crippen molar-refractivity contribution in [2.45, 2.75) is 38.5 Å². The van der Waals surface area contributed by atoms with E-state index in [1.807, 2.05) is 38.1 Å². The van der Waals surface area contributed by atoms with Gasteiger partial charge in [-0.05, 0) is 37.0 Å². The van der Waals surface area contributed by atoms with Gasteiger partial charge in [-0.25, -0.2) is 18.4 Å². The molecule has 174 valence electrons. The zero-order valence-corrected chi connectivity index (χ0v) is 20.2. The Morgan fingerprint density at radius 2 is 1.47 bits per heavy atom. The highest BCUT2D eigenvalue weighted by Gasteiger charge is 2.30. The number of piperazine rings is 1. The highest BCUT2D eigenvalue weighted by molar-refractivity contribution is 7.89. The molecule has 4 rings (SSSR count). The Labute approximate surface area is 191 Å². The van der Waals surface area contributed by atoms with Crippen molar-refractivity contribution in [2.24, 2.45) is 0 Å². The van der Waals surface area contributed by atoms with E-state index < -0.39 is 10.0 Å². The first kappa shape index (κ1) is 22.9. The van der Waals surface area contributed by atoms with E-state index >= 15 is 0 Å². The van der Waals surface area contributed by atoms with Gasteiger partial charge < -0.3 is 14.5 Å². The molecule has 0 saturated carbocycles. The Kier molecular flexibility index (Phi) is 6.69. The topological polar surface area (TPSA) is 78.9 Å². The maximum Gasteiger partial charge on any atom is 0.243 e. The van der Waals surface area contributed by atoms with E-state index in [4.69, 9.17) is 4.74 Å². The molecule has 8 nitrogen and oxygen atoms in total. The van der Waals surface area contributed by atoms with Crippen molar-refractivity contribution in [3.8, 4) is 0 Å². The molecule has 9 heteroatoms. The lowest BCUT2D eigenvalue weighted by Gasteiger charge is -2.35. The average molecular weight is 460 g/mol. The summed E-state index contributed by atoms with van der Waals surface area (Å²) in [4.78, 5) is 14.0. The molecule has 0 bridgehead atoms. The molecule has 3 heterocycles. The van der Waals surface area contributed by atoms with Gasteiger partial charge in [-0.3, -0.25) is 0 Å². The number of morpholine rings is 1. The zero-order valence-electron chi connectivity index (χ0n) is 19.4. The third kappa shape index (κ3) is 4.74. The number of anilines is 2. The predicted octanol–water partition coefficient (Wildman–Crippen LogP) is 2.56. The Bertz CT molecular complexity index is 1060. The van der Waals surface area contributed by atoms with Crippen molar-refractivity contribution in [3.63, 3.8) is 0 Å². The smallest absolute Gasteiger partial charge is 0.243 e. The number of aryl methyl sites for hydroxylation is 2. The molecule has 2 aliphatic rings. The monoisotopic (exact) mass is 459 g/mol. The first-order chi connectivity index (χ1) is 15.3. The van der Waals surface area contributed by atoms with Crippen molar-refractivity contribution in [2.75, 3.05) is 62.3 Å². The number of ether oxygens (including phenoxy) is 1. The summed E-state index contributed by atoms with van der Waals surface area (Å²) in [6.07, 6.45) is 0. The van der Waals surface area contributed by atoms with E-state index in [-0.39, 0.29) is 5.92 Å². The van der Waals surface area contributed by atoms with Crippen LogP contribution >= 0.6 is 0 Å². The summed E-state index contributed by atoms with van der Waals surface area (Å²) < 4.78 is 33.9. The fraction of sp³-hybridized carbons (Fsp3) is 0.565. The number of nitrogens with zero attached hydrogens (tertiary/aromatic N) is 5. The fourth-order valence-corrected chi connectivity index (χ4v) is 5.89. The summed E-state index contributed by atoms with van der Waals surface area (Å²) in [6, 6.07) is 7.78. The van der Waals surface area contributed by atoms with Crippen LogP contribution in [0.15, 0.2) is 29.2 Å². The third-order valence-corrected chi connectivity index (χ3v) is 8.25. The van der Waals surface area contributed by atoms with Crippen LogP contribution in [0.25, 0.3) is 0 Å². The van der Waals surface area contributed by atoms with Crippen molar-refractivity contribution < 1.29 is 13.2 Å². The van der Waals surface area contributed by atoms with Gasteiger partial charge in [0, 0.05) is 45.3 Å². The summed E-state index contributed by atoms with van der Waals surface area (Å²) in [6.45, 7) is 13.0. The molecule has 2 aromatic rings. The predicted molar refractivity (Wildman–Crippen MR) is 126 cm³/mol. The third-order valence-electron chi connectivity index (χ3n) is 6.21. The van der Waals surface area contributed by atoms with E-state index in [9.17, 15) is 8.42 Å². The van der Waals surface area contributed by atoms with Gasteiger partial charge in [0.05, 0.1) is 18.1 Å². The Balaban J connectivity index is 1.50. The minimum Gasteiger partial charge on any atom is -0.378 e. The molecule has 0 amide bonds. The SMILES string of the molecule is Cc1nc(N2CCOCC2)cc(N2CCN(S(=O)(=O)c3cc(C(C)C)ccc3C)CC2)n1. The van der Waals surface area contributed by atoms with Crippen LogP contribution in [0.2, 0.25) is 0 Å². The average Bonchev–Trinajstić information content (AvgIpc) is 2.79. The molecule has 1 aromatic carbocycles. The molecule has 0 spiro atoms. The highest BCUT2D eigenvalue weighted by Crippen LogP contribution is 2.27. The molecule has 32 heavy (non-hydrogen) atoms. The molecule has 2 fully saturated rings. The molecule has 1 aromatic heterocycles. The summed E-state index contributed by atoms with van der Waals surface area (Å²) >= 11 is 0. The summed E-state index contributed by atoms with van der Waals surface area (Å²) in [5, 5.41) is 0. The number of rotatable bonds is 5. The van der Waals surface area contributed by atoms with Gasteiger partial charge in [0.15, 0.2) is 0 Å². The molecule has 0 N–H and O–H groups in total. The van der Waals surface area contributed by atoms with Gasteiger partial charge >= 0.3 is 0 Å². The molecule has 0 atom stereocenters. The fourth-order valence-electron chi connectivity index (χ4n) is 4.20. The molecule has 0 radical (unpaired) electrons. The van der Waals surface area contributed by atoms with E-state index in [2.05, 4.69) is 33.6 Å². The summed E-state index contributed by atoms with van der Waals surface area (Å²) in [5.74, 6) is 2.77. The second kappa shape index (κ2) is 9.33. The van der Waals surface area contributed by atoms with Gasteiger partial charge in [0.25, 0.3) is 0 Å². The lowest BCUT2D eigenvalue weighted by molar-refractivity contribution is 0.122. The first-order valence-electron chi connectivity index (χ1n) is 11.3. The summed E-state index contributed by atoms with van der Waals surface area (Å²) in [5.41, 5.74) is 1.83. The summed E-state index contributed by atoms with van der Waals surface area (Å²) in [7, 11) is -3.54. The van der Waals surface area contributed by atoms with Crippen molar-refractivity contribution >= 4 is 21.7 Å². The second-order valence-corrected chi connectivity index (χ2v) is 10.7. The van der Waals surface area contributed by atoms with Crippen LogP contribution in [0.1, 0.15) is 36.7 Å². The van der Waals surface area contributed by atoms with Gasteiger partial charge in [0.2, 0.25) is 10.0 Å². The van der Waals surface area contributed by atoms with Crippen LogP contribution in [-0.2, 0) is 14.8 Å². The van der Waals surface area contributed by atoms with Crippen LogP contribution in [0.5, 0.6) is 0 Å². The maximum absolute atomic E-state index is 13.4.